The van der Waals surface area contributed by atoms with Crippen LogP contribution < -0.4 is 15.4 Å². The number of hydrogen-bond acceptors (Lipinski definition) is 6. The minimum absolute atomic E-state index is 0.211. The lowest BCUT2D eigenvalue weighted by Crippen LogP contribution is -2.44. The van der Waals surface area contributed by atoms with Crippen LogP contribution in [0.15, 0.2) is 23.1 Å². The highest BCUT2D eigenvalue weighted by molar-refractivity contribution is 7.98. The molecule has 1 aromatic rings. The molecule has 126 valence electrons. The molecule has 0 aliphatic heterocycles. The third-order valence-corrected chi connectivity index (χ3v) is 3.58. The van der Waals surface area contributed by atoms with Gasteiger partial charge in [0.15, 0.2) is 6.10 Å². The average molecular weight is 340 g/mol. The minimum Gasteiger partial charge on any atom is -0.496 e. The van der Waals surface area contributed by atoms with Crippen LogP contribution in [0.3, 0.4) is 0 Å². The number of methoxy groups -OCH3 is 1. The molecule has 0 aliphatic carbocycles. The quantitative estimate of drug-likeness (QED) is 0.606. The molecular weight excluding hydrogens is 320 g/mol. The molecule has 0 saturated carbocycles. The molecule has 7 nitrogen and oxygen atoms in total. The van der Waals surface area contributed by atoms with Crippen LogP contribution in [0.25, 0.3) is 0 Å². The number of rotatable bonds is 6. The number of imide groups is 1. The molecule has 0 aliphatic rings. The number of ether oxygens (including phenoxy) is 2. The lowest BCUT2D eigenvalue weighted by atomic mass is 10.2. The van der Waals surface area contributed by atoms with Crippen LogP contribution in [0, 0.1) is 0 Å². The summed E-state index contributed by atoms with van der Waals surface area (Å²) >= 11 is 1.51. The highest BCUT2D eigenvalue weighted by Gasteiger charge is 2.22. The smallest absolute Gasteiger partial charge is 0.342 e. The van der Waals surface area contributed by atoms with Crippen LogP contribution in [0.4, 0.5) is 4.79 Å². The lowest BCUT2D eigenvalue weighted by Gasteiger charge is -2.14. The second-order valence-corrected chi connectivity index (χ2v) is 5.34. The summed E-state index contributed by atoms with van der Waals surface area (Å²) in [5, 5.41) is 4.50. The molecule has 1 rings (SSSR count). The summed E-state index contributed by atoms with van der Waals surface area (Å²) < 4.78 is 10.2. The molecule has 8 heteroatoms. The first-order valence-electron chi connectivity index (χ1n) is 6.94. The molecule has 0 saturated heterocycles. The van der Waals surface area contributed by atoms with Crippen molar-refractivity contribution in [3.8, 4) is 5.75 Å². The Labute approximate surface area is 139 Å². The zero-order valence-corrected chi connectivity index (χ0v) is 14.3. The van der Waals surface area contributed by atoms with Crippen molar-refractivity contribution in [3.63, 3.8) is 0 Å². The third kappa shape index (κ3) is 5.48. The monoisotopic (exact) mass is 340 g/mol. The van der Waals surface area contributed by atoms with Crippen molar-refractivity contribution in [1.29, 1.82) is 0 Å². The van der Waals surface area contributed by atoms with Gasteiger partial charge < -0.3 is 14.8 Å². The Morgan fingerprint density at radius 2 is 2.00 bits per heavy atom. The van der Waals surface area contributed by atoms with Crippen molar-refractivity contribution in [3.05, 3.63) is 23.8 Å². The fourth-order valence-corrected chi connectivity index (χ4v) is 2.09. The van der Waals surface area contributed by atoms with E-state index in [2.05, 4.69) is 10.6 Å². The summed E-state index contributed by atoms with van der Waals surface area (Å²) in [6.45, 7) is 3.49. The predicted octanol–water partition coefficient (Wildman–Crippen LogP) is 1.81. The van der Waals surface area contributed by atoms with Crippen molar-refractivity contribution in [2.24, 2.45) is 0 Å². The maximum Gasteiger partial charge on any atom is 0.342 e. The first-order valence-corrected chi connectivity index (χ1v) is 8.17. The summed E-state index contributed by atoms with van der Waals surface area (Å²) in [5.74, 6) is -1.05. The Bertz CT molecular complexity index is 591. The Balaban J connectivity index is 2.75. The van der Waals surface area contributed by atoms with E-state index in [-0.39, 0.29) is 5.56 Å². The first kappa shape index (κ1) is 18.8. The number of esters is 1. The molecule has 0 heterocycles. The van der Waals surface area contributed by atoms with Crippen LogP contribution in [0.5, 0.6) is 5.75 Å². The molecular formula is C15H20N2O5S. The molecule has 0 aromatic heterocycles. The van der Waals surface area contributed by atoms with Gasteiger partial charge in [0.1, 0.15) is 11.3 Å². The van der Waals surface area contributed by atoms with E-state index < -0.39 is 24.0 Å². The Kier molecular flexibility index (Phi) is 7.40. The Morgan fingerprint density at radius 1 is 1.30 bits per heavy atom. The van der Waals surface area contributed by atoms with Gasteiger partial charge in [0, 0.05) is 11.4 Å². The molecule has 0 fully saturated rings. The minimum atomic E-state index is -1.12. The Hall–Kier alpha value is -2.22. The van der Waals surface area contributed by atoms with Gasteiger partial charge in [-0.3, -0.25) is 10.1 Å². The number of hydrogen-bond donors (Lipinski definition) is 2. The molecule has 1 aromatic carbocycles. The van der Waals surface area contributed by atoms with Gasteiger partial charge >= 0.3 is 12.0 Å². The normalized spacial score (nSPS) is 11.3. The predicted molar refractivity (Wildman–Crippen MR) is 86.9 cm³/mol. The number of benzene rings is 1. The summed E-state index contributed by atoms with van der Waals surface area (Å²) in [4.78, 5) is 36.1. The topological polar surface area (TPSA) is 93.7 Å². The number of carbonyl (C=O) groups excluding carboxylic acids is 3. The van der Waals surface area contributed by atoms with Gasteiger partial charge in [0.05, 0.1) is 7.11 Å². The molecule has 23 heavy (non-hydrogen) atoms. The average Bonchev–Trinajstić information content (AvgIpc) is 2.53. The largest absolute Gasteiger partial charge is 0.496 e. The molecule has 0 bridgehead atoms. The first-order chi connectivity index (χ1) is 10.9. The van der Waals surface area contributed by atoms with Crippen LogP contribution in [-0.4, -0.2) is 43.9 Å². The number of carbonyl (C=O) groups is 3. The Morgan fingerprint density at radius 3 is 2.57 bits per heavy atom. The van der Waals surface area contributed by atoms with E-state index in [0.29, 0.717) is 12.3 Å². The third-order valence-electron chi connectivity index (χ3n) is 2.86. The summed E-state index contributed by atoms with van der Waals surface area (Å²) in [6, 6.07) is 4.40. The fourth-order valence-electron chi connectivity index (χ4n) is 1.66. The second kappa shape index (κ2) is 9.04. The van der Waals surface area contributed by atoms with Crippen LogP contribution in [-0.2, 0) is 9.53 Å². The summed E-state index contributed by atoms with van der Waals surface area (Å²) in [7, 11) is 1.45. The molecule has 0 radical (unpaired) electrons. The molecule has 0 spiro atoms. The molecule has 0 unspecified atom stereocenters. The number of nitrogens with one attached hydrogen (secondary N) is 2. The second-order valence-electron chi connectivity index (χ2n) is 4.46. The van der Waals surface area contributed by atoms with Crippen molar-refractivity contribution >= 4 is 29.7 Å². The highest BCUT2D eigenvalue weighted by atomic mass is 32.2. The standard InChI is InChI=1S/C15H20N2O5S/c1-5-16-15(20)17-13(18)9(2)22-14(19)11-7-6-10(23-4)8-12(11)21-3/h6-9H,5H2,1-4H3,(H2,16,17,18,20)/t9-/m0/s1. The van der Waals surface area contributed by atoms with Crippen molar-refractivity contribution in [2.45, 2.75) is 24.8 Å². The number of amides is 3. The van der Waals surface area contributed by atoms with Crippen LogP contribution >= 0.6 is 11.8 Å². The van der Waals surface area contributed by atoms with Crippen molar-refractivity contribution in [2.75, 3.05) is 19.9 Å². The van der Waals surface area contributed by atoms with Crippen LogP contribution in [0.1, 0.15) is 24.2 Å². The van der Waals surface area contributed by atoms with Crippen molar-refractivity contribution < 1.29 is 23.9 Å². The maximum absolute atomic E-state index is 12.2. The van der Waals surface area contributed by atoms with Gasteiger partial charge in [-0.25, -0.2) is 9.59 Å². The van der Waals surface area contributed by atoms with E-state index in [0.717, 1.165) is 4.90 Å². The van der Waals surface area contributed by atoms with Crippen LogP contribution in [0.2, 0.25) is 0 Å². The zero-order chi connectivity index (χ0) is 17.4. The lowest BCUT2D eigenvalue weighted by molar-refractivity contribution is -0.127. The van der Waals surface area contributed by atoms with Crippen molar-refractivity contribution in [1.82, 2.24) is 10.6 Å². The number of urea groups is 1. The van der Waals surface area contributed by atoms with E-state index >= 15 is 0 Å². The SMILES string of the molecule is CCNC(=O)NC(=O)[C@H](C)OC(=O)c1ccc(SC)cc1OC. The fraction of sp³-hybridized carbons (Fsp3) is 0.400. The summed E-state index contributed by atoms with van der Waals surface area (Å²) in [5.41, 5.74) is 0.211. The van der Waals surface area contributed by atoms with Gasteiger partial charge in [-0.1, -0.05) is 0 Å². The zero-order valence-electron chi connectivity index (χ0n) is 13.5. The maximum atomic E-state index is 12.2. The van der Waals surface area contributed by atoms with Gasteiger partial charge in [-0.15, -0.1) is 11.8 Å². The van der Waals surface area contributed by atoms with Gasteiger partial charge in [0.2, 0.25) is 0 Å². The van der Waals surface area contributed by atoms with Gasteiger partial charge in [0.25, 0.3) is 5.91 Å². The highest BCUT2D eigenvalue weighted by Crippen LogP contribution is 2.26. The van der Waals surface area contributed by atoms with E-state index in [4.69, 9.17) is 9.47 Å². The van der Waals surface area contributed by atoms with Gasteiger partial charge in [-0.2, -0.15) is 0 Å². The van der Waals surface area contributed by atoms with E-state index in [9.17, 15) is 14.4 Å². The van der Waals surface area contributed by atoms with E-state index in [1.54, 1.807) is 25.1 Å². The number of thioether (sulfide) groups is 1. The van der Waals surface area contributed by atoms with E-state index in [1.807, 2.05) is 6.26 Å². The van der Waals surface area contributed by atoms with E-state index in [1.165, 1.54) is 25.8 Å². The molecule has 1 atom stereocenters. The van der Waals surface area contributed by atoms with Gasteiger partial charge in [-0.05, 0) is 38.3 Å². The summed E-state index contributed by atoms with van der Waals surface area (Å²) in [6.07, 6.45) is 0.788. The molecule has 3 amide bonds. The molecule has 2 N–H and O–H groups in total.